The highest BCUT2D eigenvalue weighted by atomic mass is 16.5. The van der Waals surface area contributed by atoms with E-state index in [4.69, 9.17) is 17.3 Å². The molecule has 2 amide bonds. The van der Waals surface area contributed by atoms with E-state index in [1.165, 1.54) is 4.90 Å². The lowest BCUT2D eigenvalue weighted by atomic mass is 9.97. The molecule has 1 heterocycles. The molecule has 1 saturated heterocycles. The largest absolute Gasteiger partial charge is 0.497 e. The van der Waals surface area contributed by atoms with Crippen molar-refractivity contribution in [3.05, 3.63) is 54.1 Å². The SMILES string of the molecule is [B]c1ccc(OC2CCC(=O)N(Cc3ccc(OC)cc3)C2=O)cc1. The monoisotopic (exact) mass is 335 g/mol. The van der Waals surface area contributed by atoms with Crippen LogP contribution in [0.1, 0.15) is 18.4 Å². The fourth-order valence-electron chi connectivity index (χ4n) is 2.71. The molecule has 1 fully saturated rings. The van der Waals surface area contributed by atoms with Gasteiger partial charge in [0.1, 0.15) is 19.3 Å². The van der Waals surface area contributed by atoms with Crippen molar-refractivity contribution in [2.24, 2.45) is 0 Å². The van der Waals surface area contributed by atoms with Crippen LogP contribution in [0.3, 0.4) is 0 Å². The van der Waals surface area contributed by atoms with E-state index in [-0.39, 0.29) is 24.8 Å². The number of piperidine rings is 1. The van der Waals surface area contributed by atoms with Crippen molar-refractivity contribution in [3.63, 3.8) is 0 Å². The fourth-order valence-corrected chi connectivity index (χ4v) is 2.71. The maximum absolute atomic E-state index is 12.7. The Labute approximate surface area is 147 Å². The van der Waals surface area contributed by atoms with Gasteiger partial charge < -0.3 is 9.47 Å². The molecular formula is C19H18BNO4. The molecule has 0 spiro atoms. The first kappa shape index (κ1) is 17.1. The van der Waals surface area contributed by atoms with Crippen LogP contribution in [-0.2, 0) is 16.1 Å². The van der Waals surface area contributed by atoms with Crippen LogP contribution in [0.5, 0.6) is 11.5 Å². The van der Waals surface area contributed by atoms with E-state index in [2.05, 4.69) is 0 Å². The second-order valence-corrected chi connectivity index (χ2v) is 5.88. The predicted molar refractivity (Wildman–Crippen MR) is 94.0 cm³/mol. The molecule has 1 aliphatic heterocycles. The van der Waals surface area contributed by atoms with Crippen LogP contribution in [-0.4, -0.2) is 37.8 Å². The first-order valence-electron chi connectivity index (χ1n) is 8.06. The molecule has 0 aliphatic carbocycles. The van der Waals surface area contributed by atoms with Gasteiger partial charge in [0.25, 0.3) is 5.91 Å². The van der Waals surface area contributed by atoms with Gasteiger partial charge in [0.2, 0.25) is 5.91 Å². The van der Waals surface area contributed by atoms with E-state index in [9.17, 15) is 9.59 Å². The Bertz CT molecular complexity index is 758. The summed E-state index contributed by atoms with van der Waals surface area (Å²) in [5.41, 5.74) is 1.48. The van der Waals surface area contributed by atoms with Gasteiger partial charge in [-0.1, -0.05) is 29.7 Å². The molecule has 25 heavy (non-hydrogen) atoms. The molecule has 0 N–H and O–H groups in total. The van der Waals surface area contributed by atoms with Crippen molar-refractivity contribution in [2.75, 3.05) is 7.11 Å². The molecule has 5 nitrogen and oxygen atoms in total. The molecule has 0 aromatic heterocycles. The summed E-state index contributed by atoms with van der Waals surface area (Å²) < 4.78 is 10.9. The van der Waals surface area contributed by atoms with Gasteiger partial charge >= 0.3 is 0 Å². The molecule has 2 aromatic rings. The third-order valence-corrected chi connectivity index (χ3v) is 4.12. The van der Waals surface area contributed by atoms with Crippen LogP contribution < -0.4 is 14.9 Å². The van der Waals surface area contributed by atoms with Crippen molar-refractivity contribution < 1.29 is 19.1 Å². The standard InChI is InChI=1S/C19H18BNO4/c1-24-15-6-2-13(3-7-15)12-21-18(22)11-10-17(19(21)23)25-16-8-4-14(20)5-9-16/h2-9,17H,10-12H2,1H3. The van der Waals surface area contributed by atoms with Crippen molar-refractivity contribution in [1.82, 2.24) is 4.90 Å². The fraction of sp³-hybridized carbons (Fsp3) is 0.263. The van der Waals surface area contributed by atoms with Gasteiger partial charge in [-0.25, -0.2) is 0 Å². The first-order chi connectivity index (χ1) is 12.1. The molecule has 0 saturated carbocycles. The lowest BCUT2D eigenvalue weighted by Crippen LogP contribution is -2.49. The molecule has 1 aliphatic rings. The van der Waals surface area contributed by atoms with Gasteiger partial charge in [0.05, 0.1) is 13.7 Å². The van der Waals surface area contributed by atoms with Crippen LogP contribution in [0.4, 0.5) is 0 Å². The summed E-state index contributed by atoms with van der Waals surface area (Å²) in [6.45, 7) is 0.225. The number of imide groups is 1. The van der Waals surface area contributed by atoms with Crippen LogP contribution >= 0.6 is 0 Å². The number of amides is 2. The molecule has 1 atom stereocenters. The third-order valence-electron chi connectivity index (χ3n) is 4.12. The number of carbonyl (C=O) groups is 2. The zero-order valence-electron chi connectivity index (χ0n) is 14.0. The zero-order chi connectivity index (χ0) is 17.8. The van der Waals surface area contributed by atoms with Crippen molar-refractivity contribution in [3.8, 4) is 11.5 Å². The van der Waals surface area contributed by atoms with Gasteiger partial charge in [0.15, 0.2) is 6.10 Å². The number of benzene rings is 2. The predicted octanol–water partition coefficient (Wildman–Crippen LogP) is 1.59. The molecule has 1 unspecified atom stereocenters. The van der Waals surface area contributed by atoms with E-state index in [0.717, 1.165) is 11.3 Å². The minimum Gasteiger partial charge on any atom is -0.497 e. The Balaban J connectivity index is 1.70. The summed E-state index contributed by atoms with van der Waals surface area (Å²) in [4.78, 5) is 26.1. The number of rotatable bonds is 5. The average molecular weight is 335 g/mol. The summed E-state index contributed by atoms with van der Waals surface area (Å²) in [6, 6.07) is 14.1. The van der Waals surface area contributed by atoms with Crippen LogP contribution in [0.25, 0.3) is 0 Å². The van der Waals surface area contributed by atoms with Gasteiger partial charge in [-0.05, 0) is 29.8 Å². The van der Waals surface area contributed by atoms with Gasteiger partial charge in [-0.15, -0.1) is 0 Å². The average Bonchev–Trinajstić information content (AvgIpc) is 2.63. The highest BCUT2D eigenvalue weighted by molar-refractivity contribution is 6.32. The lowest BCUT2D eigenvalue weighted by Gasteiger charge is -2.31. The summed E-state index contributed by atoms with van der Waals surface area (Å²) in [6.07, 6.45) is -0.0116. The second-order valence-electron chi connectivity index (χ2n) is 5.88. The second kappa shape index (κ2) is 7.42. The summed E-state index contributed by atoms with van der Waals surface area (Å²) in [5.74, 6) is 0.790. The number of hydrogen-bond donors (Lipinski definition) is 0. The topological polar surface area (TPSA) is 55.8 Å². The Kier molecular flexibility index (Phi) is 5.07. The number of ether oxygens (including phenoxy) is 2. The highest BCUT2D eigenvalue weighted by Gasteiger charge is 2.35. The Hall–Kier alpha value is -2.76. The normalized spacial score (nSPS) is 17.5. The smallest absolute Gasteiger partial charge is 0.270 e. The van der Waals surface area contributed by atoms with Crippen molar-refractivity contribution in [2.45, 2.75) is 25.5 Å². The van der Waals surface area contributed by atoms with Crippen LogP contribution in [0.15, 0.2) is 48.5 Å². The van der Waals surface area contributed by atoms with Gasteiger partial charge in [-0.2, -0.15) is 0 Å². The van der Waals surface area contributed by atoms with E-state index in [0.29, 0.717) is 17.6 Å². The number of carbonyl (C=O) groups excluding carboxylic acids is 2. The van der Waals surface area contributed by atoms with Gasteiger partial charge in [0, 0.05) is 12.8 Å². The maximum atomic E-state index is 12.7. The van der Waals surface area contributed by atoms with Crippen molar-refractivity contribution in [1.29, 1.82) is 0 Å². The molecule has 0 bridgehead atoms. The molecule has 2 aromatic carbocycles. The first-order valence-corrected chi connectivity index (χ1v) is 8.06. The van der Waals surface area contributed by atoms with E-state index >= 15 is 0 Å². The van der Waals surface area contributed by atoms with Gasteiger partial charge in [-0.3, -0.25) is 14.5 Å². The molecule has 2 radical (unpaired) electrons. The molecular weight excluding hydrogens is 317 g/mol. The quantitative estimate of drug-likeness (QED) is 0.615. The lowest BCUT2D eigenvalue weighted by molar-refractivity contribution is -0.155. The Morgan fingerprint density at radius 2 is 1.68 bits per heavy atom. The summed E-state index contributed by atoms with van der Waals surface area (Å²) in [7, 11) is 7.24. The number of hydrogen-bond acceptors (Lipinski definition) is 4. The summed E-state index contributed by atoms with van der Waals surface area (Å²) in [5, 5.41) is 0. The molecule has 126 valence electrons. The minimum absolute atomic E-state index is 0.182. The maximum Gasteiger partial charge on any atom is 0.270 e. The van der Waals surface area contributed by atoms with E-state index in [1.54, 1.807) is 43.5 Å². The van der Waals surface area contributed by atoms with Crippen LogP contribution in [0, 0.1) is 0 Å². The highest BCUT2D eigenvalue weighted by Crippen LogP contribution is 2.22. The Morgan fingerprint density at radius 3 is 2.32 bits per heavy atom. The summed E-state index contributed by atoms with van der Waals surface area (Å²) >= 11 is 0. The number of methoxy groups -OCH3 is 1. The minimum atomic E-state index is -0.667. The zero-order valence-corrected chi connectivity index (χ0v) is 14.0. The third kappa shape index (κ3) is 4.02. The van der Waals surface area contributed by atoms with Crippen LogP contribution in [0.2, 0.25) is 0 Å². The molecule has 3 rings (SSSR count). The Morgan fingerprint density at radius 1 is 1.04 bits per heavy atom. The molecule has 6 heteroatoms. The number of likely N-dealkylation sites (tertiary alicyclic amines) is 1. The van der Waals surface area contributed by atoms with E-state index in [1.807, 2.05) is 12.1 Å². The van der Waals surface area contributed by atoms with E-state index < -0.39 is 6.10 Å². The van der Waals surface area contributed by atoms with Crippen molar-refractivity contribution >= 4 is 25.1 Å². The number of nitrogens with zero attached hydrogens (tertiary/aromatic N) is 1.